The van der Waals surface area contributed by atoms with Crippen molar-refractivity contribution in [3.63, 3.8) is 0 Å². The van der Waals surface area contributed by atoms with Crippen molar-refractivity contribution in [3.8, 4) is 0 Å². The minimum absolute atomic E-state index is 0.0653. The molecule has 1 atom stereocenters. The van der Waals surface area contributed by atoms with Crippen LogP contribution in [0.25, 0.3) is 0 Å². The number of carbonyl (C=O) groups excluding carboxylic acids is 1. The summed E-state index contributed by atoms with van der Waals surface area (Å²) in [7, 11) is 1.77. The van der Waals surface area contributed by atoms with Crippen LogP contribution in [-0.2, 0) is 11.3 Å². The summed E-state index contributed by atoms with van der Waals surface area (Å²) in [6, 6.07) is 6.28. The van der Waals surface area contributed by atoms with Gasteiger partial charge in [0.1, 0.15) is 16.9 Å². The standard InChI is InChI=1S/C13H13FN4OS/c1-17-12(19)8-20-13(17)11-7-18(16-15-11)6-9-2-4-10(14)5-3-9/h2-5,7,13H,6,8H2,1H3/t13-/m0/s1. The van der Waals surface area contributed by atoms with Crippen LogP contribution in [-0.4, -0.2) is 38.6 Å². The van der Waals surface area contributed by atoms with Crippen LogP contribution < -0.4 is 0 Å². The molecule has 2 heterocycles. The summed E-state index contributed by atoms with van der Waals surface area (Å²) in [6.45, 7) is 0.530. The Balaban J connectivity index is 1.74. The van der Waals surface area contributed by atoms with Crippen molar-refractivity contribution in [3.05, 3.63) is 47.5 Å². The lowest BCUT2D eigenvalue weighted by atomic mass is 10.2. The molecule has 0 unspecified atom stereocenters. The number of aromatic nitrogens is 3. The van der Waals surface area contributed by atoms with Gasteiger partial charge < -0.3 is 4.90 Å². The summed E-state index contributed by atoms with van der Waals surface area (Å²) in [5, 5.41) is 8.12. The summed E-state index contributed by atoms with van der Waals surface area (Å²) < 4.78 is 14.5. The van der Waals surface area contributed by atoms with Crippen molar-refractivity contribution in [1.82, 2.24) is 19.9 Å². The van der Waals surface area contributed by atoms with E-state index in [0.29, 0.717) is 12.3 Å². The molecule has 0 radical (unpaired) electrons. The third kappa shape index (κ3) is 2.53. The highest BCUT2D eigenvalue weighted by Gasteiger charge is 2.31. The zero-order chi connectivity index (χ0) is 14.1. The van der Waals surface area contributed by atoms with Crippen molar-refractivity contribution >= 4 is 17.7 Å². The third-order valence-corrected chi connectivity index (χ3v) is 4.46. The topological polar surface area (TPSA) is 51.0 Å². The molecule has 0 aliphatic carbocycles. The quantitative estimate of drug-likeness (QED) is 0.863. The van der Waals surface area contributed by atoms with E-state index in [9.17, 15) is 9.18 Å². The lowest BCUT2D eigenvalue weighted by Crippen LogP contribution is -2.23. The Morgan fingerprint density at radius 3 is 2.80 bits per heavy atom. The van der Waals surface area contributed by atoms with E-state index in [2.05, 4.69) is 10.3 Å². The molecular weight excluding hydrogens is 279 g/mol. The average Bonchev–Trinajstić information content (AvgIpc) is 3.01. The van der Waals surface area contributed by atoms with E-state index in [0.717, 1.165) is 11.3 Å². The highest BCUT2D eigenvalue weighted by Crippen LogP contribution is 2.35. The molecule has 3 rings (SSSR count). The summed E-state index contributed by atoms with van der Waals surface area (Å²) in [6.07, 6.45) is 1.83. The predicted molar refractivity (Wildman–Crippen MR) is 73.5 cm³/mol. The van der Waals surface area contributed by atoms with Crippen molar-refractivity contribution in [2.45, 2.75) is 11.9 Å². The van der Waals surface area contributed by atoms with Gasteiger partial charge in [-0.3, -0.25) is 4.79 Å². The highest BCUT2D eigenvalue weighted by molar-refractivity contribution is 8.00. The van der Waals surface area contributed by atoms with Gasteiger partial charge in [-0.15, -0.1) is 16.9 Å². The number of rotatable bonds is 3. The summed E-state index contributed by atoms with van der Waals surface area (Å²) in [4.78, 5) is 13.2. The Labute approximate surface area is 119 Å². The molecule has 1 aliphatic rings. The largest absolute Gasteiger partial charge is 0.327 e. The van der Waals surface area contributed by atoms with Crippen molar-refractivity contribution < 1.29 is 9.18 Å². The number of hydrogen-bond donors (Lipinski definition) is 0. The van der Waals surface area contributed by atoms with Gasteiger partial charge in [-0.25, -0.2) is 9.07 Å². The number of amides is 1. The molecule has 0 saturated carbocycles. The SMILES string of the molecule is CN1C(=O)CS[C@H]1c1cn(Cc2ccc(F)cc2)nn1. The Kier molecular flexibility index (Phi) is 3.43. The molecule has 1 fully saturated rings. The van der Waals surface area contributed by atoms with E-state index in [-0.39, 0.29) is 17.1 Å². The monoisotopic (exact) mass is 292 g/mol. The van der Waals surface area contributed by atoms with E-state index in [1.54, 1.807) is 40.5 Å². The fourth-order valence-corrected chi connectivity index (χ4v) is 3.18. The zero-order valence-electron chi connectivity index (χ0n) is 10.9. The first-order valence-corrected chi connectivity index (χ1v) is 7.20. The second kappa shape index (κ2) is 5.24. The molecule has 1 aromatic heterocycles. The maximum absolute atomic E-state index is 12.8. The van der Waals surface area contributed by atoms with Gasteiger partial charge in [-0.2, -0.15) is 0 Å². The van der Waals surface area contributed by atoms with Crippen LogP contribution in [0.2, 0.25) is 0 Å². The lowest BCUT2D eigenvalue weighted by Gasteiger charge is -2.15. The fraction of sp³-hybridized carbons (Fsp3) is 0.308. The fourth-order valence-electron chi connectivity index (χ4n) is 2.06. The van der Waals surface area contributed by atoms with Crippen LogP contribution in [0.4, 0.5) is 4.39 Å². The molecule has 2 aromatic rings. The van der Waals surface area contributed by atoms with Crippen molar-refractivity contribution in [2.24, 2.45) is 0 Å². The number of carbonyl (C=O) groups is 1. The Morgan fingerprint density at radius 2 is 2.15 bits per heavy atom. The maximum Gasteiger partial charge on any atom is 0.233 e. The molecule has 0 spiro atoms. The van der Waals surface area contributed by atoms with Crippen LogP contribution in [0.15, 0.2) is 30.5 Å². The molecule has 0 bridgehead atoms. The third-order valence-electron chi connectivity index (χ3n) is 3.18. The molecule has 5 nitrogen and oxygen atoms in total. The van der Waals surface area contributed by atoms with Crippen LogP contribution >= 0.6 is 11.8 Å². The van der Waals surface area contributed by atoms with E-state index in [1.165, 1.54) is 12.1 Å². The van der Waals surface area contributed by atoms with Crippen LogP contribution in [0, 0.1) is 5.82 Å². The maximum atomic E-state index is 12.8. The van der Waals surface area contributed by atoms with Gasteiger partial charge in [0.05, 0.1) is 18.5 Å². The van der Waals surface area contributed by atoms with Gasteiger partial charge in [-0.1, -0.05) is 17.3 Å². The first-order chi connectivity index (χ1) is 9.63. The predicted octanol–water partition coefficient (Wildman–Crippen LogP) is 1.67. The first-order valence-electron chi connectivity index (χ1n) is 6.15. The number of nitrogens with zero attached hydrogens (tertiary/aromatic N) is 4. The molecule has 1 aromatic carbocycles. The smallest absolute Gasteiger partial charge is 0.233 e. The second-order valence-electron chi connectivity index (χ2n) is 4.64. The van der Waals surface area contributed by atoms with Gasteiger partial charge in [0, 0.05) is 7.05 Å². The van der Waals surface area contributed by atoms with Gasteiger partial charge in [-0.05, 0) is 17.7 Å². The van der Waals surface area contributed by atoms with E-state index < -0.39 is 0 Å². The normalized spacial score (nSPS) is 18.8. The number of halogens is 1. The molecule has 104 valence electrons. The average molecular weight is 292 g/mol. The van der Waals surface area contributed by atoms with Crippen molar-refractivity contribution in [1.29, 1.82) is 0 Å². The Bertz CT molecular complexity index is 628. The number of thioether (sulfide) groups is 1. The van der Waals surface area contributed by atoms with Gasteiger partial charge in [0.25, 0.3) is 0 Å². The van der Waals surface area contributed by atoms with Crippen LogP contribution in [0.1, 0.15) is 16.6 Å². The zero-order valence-corrected chi connectivity index (χ0v) is 11.7. The van der Waals surface area contributed by atoms with E-state index in [1.807, 2.05) is 6.20 Å². The Morgan fingerprint density at radius 1 is 1.40 bits per heavy atom. The van der Waals surface area contributed by atoms with Crippen molar-refractivity contribution in [2.75, 3.05) is 12.8 Å². The second-order valence-corrected chi connectivity index (χ2v) is 5.70. The minimum atomic E-state index is -0.254. The first kappa shape index (κ1) is 13.1. The molecule has 1 saturated heterocycles. The van der Waals surface area contributed by atoms with E-state index in [4.69, 9.17) is 0 Å². The van der Waals surface area contributed by atoms with Crippen LogP contribution in [0.5, 0.6) is 0 Å². The molecule has 1 aliphatic heterocycles. The highest BCUT2D eigenvalue weighted by atomic mass is 32.2. The molecular formula is C13H13FN4OS. The Hall–Kier alpha value is -1.89. The van der Waals surface area contributed by atoms with Crippen LogP contribution in [0.3, 0.4) is 0 Å². The molecule has 0 N–H and O–H groups in total. The molecule has 1 amide bonds. The summed E-state index contributed by atoms with van der Waals surface area (Å²) in [5.74, 6) is 0.329. The lowest BCUT2D eigenvalue weighted by molar-refractivity contribution is -0.126. The van der Waals surface area contributed by atoms with Gasteiger partial charge in [0.2, 0.25) is 5.91 Å². The molecule has 7 heteroatoms. The number of hydrogen-bond acceptors (Lipinski definition) is 4. The minimum Gasteiger partial charge on any atom is -0.327 e. The van der Waals surface area contributed by atoms with E-state index >= 15 is 0 Å². The van der Waals surface area contributed by atoms with Gasteiger partial charge in [0.15, 0.2) is 0 Å². The summed E-state index contributed by atoms with van der Waals surface area (Å²) in [5.41, 5.74) is 1.72. The summed E-state index contributed by atoms with van der Waals surface area (Å²) >= 11 is 1.54. The van der Waals surface area contributed by atoms with Gasteiger partial charge >= 0.3 is 0 Å². The molecule has 20 heavy (non-hydrogen) atoms. The number of benzene rings is 1.